The number of rotatable bonds is 2. The van der Waals surface area contributed by atoms with Crippen molar-refractivity contribution in [2.45, 2.75) is 78.2 Å². The van der Waals surface area contributed by atoms with Gasteiger partial charge in [-0.25, -0.2) is 0 Å². The van der Waals surface area contributed by atoms with Crippen molar-refractivity contribution in [3.63, 3.8) is 0 Å². The van der Waals surface area contributed by atoms with Crippen molar-refractivity contribution in [1.82, 2.24) is 0 Å². The van der Waals surface area contributed by atoms with Crippen molar-refractivity contribution < 1.29 is 19.1 Å². The summed E-state index contributed by atoms with van der Waals surface area (Å²) in [7, 11) is 1.41. The summed E-state index contributed by atoms with van der Waals surface area (Å²) in [5, 5.41) is 0. The van der Waals surface area contributed by atoms with Crippen LogP contribution in [0.4, 0.5) is 0 Å². The van der Waals surface area contributed by atoms with Crippen molar-refractivity contribution in [2.75, 3.05) is 7.11 Å². The lowest BCUT2D eigenvalue weighted by atomic mass is 9.74. The molecule has 0 aromatic rings. The molecule has 1 saturated heterocycles. The van der Waals surface area contributed by atoms with Gasteiger partial charge in [-0.2, -0.15) is 0 Å². The third-order valence-electron chi connectivity index (χ3n) is 5.77. The summed E-state index contributed by atoms with van der Waals surface area (Å²) in [5.74, 6) is -0.386. The Labute approximate surface area is 151 Å². The fraction of sp³-hybridized carbons (Fsp3) is 0.714. The molecule has 0 radical (unpaired) electrons. The van der Waals surface area contributed by atoms with E-state index in [9.17, 15) is 9.59 Å². The predicted molar refractivity (Wildman–Crippen MR) is 97.9 cm³/mol. The molecule has 1 aliphatic heterocycles. The Balaban J connectivity index is 2.22. The molecule has 140 valence electrons. The van der Waals surface area contributed by atoms with Crippen LogP contribution in [0, 0.1) is 11.3 Å². The Bertz CT molecular complexity index is 560. The second-order valence-electron chi connectivity index (χ2n) is 7.98. The zero-order valence-electron chi connectivity index (χ0n) is 16.1. The van der Waals surface area contributed by atoms with Crippen molar-refractivity contribution in [3.05, 3.63) is 23.3 Å². The van der Waals surface area contributed by atoms with Gasteiger partial charge in [0.05, 0.1) is 19.4 Å². The molecule has 0 unspecified atom stereocenters. The zero-order valence-corrected chi connectivity index (χ0v) is 16.1. The minimum atomic E-state index is -0.372. The average molecular weight is 348 g/mol. The van der Waals surface area contributed by atoms with E-state index < -0.39 is 0 Å². The summed E-state index contributed by atoms with van der Waals surface area (Å²) in [5.41, 5.74) is 2.35. The van der Waals surface area contributed by atoms with Crippen molar-refractivity contribution in [1.29, 1.82) is 0 Å². The largest absolute Gasteiger partial charge is 0.469 e. The molecule has 0 N–H and O–H groups in total. The molecule has 2 bridgehead atoms. The first-order chi connectivity index (χ1) is 11.8. The van der Waals surface area contributed by atoms with Gasteiger partial charge in [0.15, 0.2) is 0 Å². The standard InChI is InChI=1S/C21H32O4/c1-15-7-5-8-16(2)10-11-17-13-18(25-20(17)23)21(3,12-6-9-15)14-19(22)24-4/h8-9,17-18H,5-7,10-14H2,1-4H3/b15-9-,16-8-/t17-,18+,21+/m1/s1. The third-order valence-corrected chi connectivity index (χ3v) is 5.77. The number of fused-ring (bicyclic) bond motifs is 2. The molecule has 0 spiro atoms. The molecule has 25 heavy (non-hydrogen) atoms. The van der Waals surface area contributed by atoms with E-state index >= 15 is 0 Å². The molecule has 0 amide bonds. The summed E-state index contributed by atoms with van der Waals surface area (Å²) >= 11 is 0. The molecule has 4 heteroatoms. The number of allylic oxidation sites excluding steroid dienone is 4. The highest BCUT2D eigenvalue weighted by Gasteiger charge is 2.45. The van der Waals surface area contributed by atoms with Gasteiger partial charge >= 0.3 is 11.9 Å². The summed E-state index contributed by atoms with van der Waals surface area (Å²) in [6.07, 6.45) is 10.9. The number of hydrogen-bond donors (Lipinski definition) is 0. The summed E-state index contributed by atoms with van der Waals surface area (Å²) in [6, 6.07) is 0. The molecule has 4 nitrogen and oxygen atoms in total. The molecule has 1 aliphatic carbocycles. The van der Waals surface area contributed by atoms with Gasteiger partial charge in [-0.05, 0) is 58.8 Å². The van der Waals surface area contributed by atoms with Crippen LogP contribution in [0.25, 0.3) is 0 Å². The Hall–Kier alpha value is -1.58. The van der Waals surface area contributed by atoms with Crippen molar-refractivity contribution in [3.8, 4) is 0 Å². The zero-order chi connectivity index (χ0) is 18.4. The molecule has 2 rings (SSSR count). The van der Waals surface area contributed by atoms with Crippen LogP contribution in [0.15, 0.2) is 23.3 Å². The van der Waals surface area contributed by atoms with Crippen LogP contribution < -0.4 is 0 Å². The second-order valence-corrected chi connectivity index (χ2v) is 7.98. The molecule has 1 fully saturated rings. The van der Waals surface area contributed by atoms with Crippen LogP contribution in [0.3, 0.4) is 0 Å². The molecular weight excluding hydrogens is 316 g/mol. The lowest BCUT2D eigenvalue weighted by Crippen LogP contribution is -2.35. The monoisotopic (exact) mass is 348 g/mol. The van der Waals surface area contributed by atoms with Gasteiger partial charge in [0, 0.05) is 5.41 Å². The first-order valence-electron chi connectivity index (χ1n) is 9.42. The van der Waals surface area contributed by atoms with Crippen LogP contribution in [-0.4, -0.2) is 25.2 Å². The maximum atomic E-state index is 12.3. The SMILES string of the molecule is COC(=O)C[C@]1(C)CC/C=C(/C)CC/C=C(/C)CC[C@@H]2C[C@@H]1OC2=O. The van der Waals surface area contributed by atoms with Gasteiger partial charge in [0.25, 0.3) is 0 Å². The third kappa shape index (κ3) is 5.45. The Morgan fingerprint density at radius 3 is 2.64 bits per heavy atom. The lowest BCUT2D eigenvalue weighted by molar-refractivity contribution is -0.154. The normalized spacial score (nSPS) is 35.6. The Morgan fingerprint density at radius 2 is 1.92 bits per heavy atom. The maximum absolute atomic E-state index is 12.3. The number of esters is 2. The Kier molecular flexibility index (Phi) is 6.86. The van der Waals surface area contributed by atoms with Crippen molar-refractivity contribution in [2.24, 2.45) is 11.3 Å². The smallest absolute Gasteiger partial charge is 0.309 e. The fourth-order valence-electron chi connectivity index (χ4n) is 3.87. The second kappa shape index (κ2) is 8.68. The van der Waals surface area contributed by atoms with Gasteiger partial charge in [-0.15, -0.1) is 0 Å². The number of methoxy groups -OCH3 is 1. The molecule has 1 heterocycles. The summed E-state index contributed by atoms with van der Waals surface area (Å²) in [4.78, 5) is 24.3. The number of hydrogen-bond acceptors (Lipinski definition) is 4. The van der Waals surface area contributed by atoms with Crippen molar-refractivity contribution >= 4 is 11.9 Å². The van der Waals surface area contributed by atoms with E-state index in [0.717, 1.165) is 38.5 Å². The highest BCUT2D eigenvalue weighted by molar-refractivity contribution is 5.75. The van der Waals surface area contributed by atoms with Crippen LogP contribution >= 0.6 is 0 Å². The van der Waals surface area contributed by atoms with E-state index in [0.29, 0.717) is 12.8 Å². The van der Waals surface area contributed by atoms with E-state index in [1.807, 2.05) is 0 Å². The molecule has 2 aliphatic rings. The van der Waals surface area contributed by atoms with Crippen LogP contribution in [-0.2, 0) is 19.1 Å². The fourth-order valence-corrected chi connectivity index (χ4v) is 3.87. The van der Waals surface area contributed by atoms with Crippen LogP contribution in [0.5, 0.6) is 0 Å². The van der Waals surface area contributed by atoms with E-state index in [4.69, 9.17) is 9.47 Å². The molecular formula is C21H32O4. The highest BCUT2D eigenvalue weighted by atomic mass is 16.6. The molecule has 3 atom stereocenters. The lowest BCUT2D eigenvalue weighted by Gasteiger charge is -2.33. The van der Waals surface area contributed by atoms with E-state index in [1.54, 1.807) is 0 Å². The molecule has 0 saturated carbocycles. The number of ether oxygens (including phenoxy) is 2. The minimum absolute atomic E-state index is 0.0504. The highest BCUT2D eigenvalue weighted by Crippen LogP contribution is 2.42. The first kappa shape index (κ1) is 19.7. The molecule has 0 aromatic heterocycles. The van der Waals surface area contributed by atoms with Gasteiger partial charge in [0.2, 0.25) is 0 Å². The molecule has 0 aromatic carbocycles. The maximum Gasteiger partial charge on any atom is 0.309 e. The summed E-state index contributed by atoms with van der Waals surface area (Å²) < 4.78 is 10.6. The van der Waals surface area contributed by atoms with E-state index in [-0.39, 0.29) is 29.4 Å². The van der Waals surface area contributed by atoms with Gasteiger partial charge < -0.3 is 9.47 Å². The quantitative estimate of drug-likeness (QED) is 0.534. The van der Waals surface area contributed by atoms with Gasteiger partial charge in [-0.3, -0.25) is 9.59 Å². The average Bonchev–Trinajstić information content (AvgIpc) is 2.93. The number of carbonyl (C=O) groups excluding carboxylic acids is 2. The summed E-state index contributed by atoms with van der Waals surface area (Å²) in [6.45, 7) is 6.37. The van der Waals surface area contributed by atoms with Crippen LogP contribution in [0.1, 0.15) is 72.1 Å². The van der Waals surface area contributed by atoms with Crippen LogP contribution in [0.2, 0.25) is 0 Å². The topological polar surface area (TPSA) is 52.6 Å². The van der Waals surface area contributed by atoms with E-state index in [1.165, 1.54) is 18.3 Å². The van der Waals surface area contributed by atoms with Gasteiger partial charge in [-0.1, -0.05) is 30.2 Å². The minimum Gasteiger partial charge on any atom is -0.469 e. The predicted octanol–water partition coefficient (Wildman–Crippen LogP) is 4.73. The number of carbonyl (C=O) groups is 2. The van der Waals surface area contributed by atoms with Gasteiger partial charge in [0.1, 0.15) is 6.10 Å². The Morgan fingerprint density at radius 1 is 1.24 bits per heavy atom. The van der Waals surface area contributed by atoms with E-state index in [2.05, 4.69) is 32.9 Å². The first-order valence-corrected chi connectivity index (χ1v) is 9.42.